The van der Waals surface area contributed by atoms with Crippen molar-refractivity contribution in [3.05, 3.63) is 29.1 Å². The molecule has 0 aliphatic carbocycles. The predicted molar refractivity (Wildman–Crippen MR) is 40.3 cm³/mol. The summed E-state index contributed by atoms with van der Waals surface area (Å²) in [6, 6.07) is 2.94. The van der Waals surface area contributed by atoms with Crippen LogP contribution in [0.15, 0.2) is 12.1 Å². The lowest BCUT2D eigenvalue weighted by Crippen LogP contribution is -1.98. The molecule has 0 saturated heterocycles. The fraction of sp³-hybridized carbons (Fsp3) is 0.125. The number of nitrogen functional groups attached to an aromatic ring is 1. The monoisotopic (exact) mass is 152 g/mol. The van der Waals surface area contributed by atoms with Crippen LogP contribution in [0, 0.1) is 12.7 Å². The van der Waals surface area contributed by atoms with Gasteiger partial charge in [0.05, 0.1) is 11.3 Å². The van der Waals surface area contributed by atoms with Crippen LogP contribution >= 0.6 is 0 Å². The number of aryl methyl sites for hydroxylation is 1. The number of hydrogen-bond donors (Lipinski definition) is 1. The van der Waals surface area contributed by atoms with Gasteiger partial charge in [-0.15, -0.1) is 0 Å². The summed E-state index contributed by atoms with van der Waals surface area (Å²) in [7, 11) is 0. The van der Waals surface area contributed by atoms with Crippen LogP contribution in [0.2, 0.25) is 0 Å². The van der Waals surface area contributed by atoms with Gasteiger partial charge in [0.2, 0.25) is 6.29 Å². The minimum absolute atomic E-state index is 0.0769. The van der Waals surface area contributed by atoms with Gasteiger partial charge < -0.3 is 5.73 Å². The van der Waals surface area contributed by atoms with E-state index in [2.05, 4.69) is 0 Å². The minimum Gasteiger partial charge on any atom is -0.396 e. The minimum atomic E-state index is -0.536. The zero-order chi connectivity index (χ0) is 8.43. The van der Waals surface area contributed by atoms with Crippen LogP contribution in [0.25, 0.3) is 0 Å². The number of anilines is 1. The Morgan fingerprint density at radius 3 is 2.73 bits per heavy atom. The Morgan fingerprint density at radius 1 is 1.55 bits per heavy atom. The molecule has 3 heteroatoms. The number of carbonyl (C=O) groups excluding carboxylic acids is 1. The lowest BCUT2D eigenvalue weighted by atomic mass is 10.1. The molecule has 0 aliphatic heterocycles. The lowest BCUT2D eigenvalue weighted by molar-refractivity contribution is 0.562. The third-order valence-electron chi connectivity index (χ3n) is 1.48. The molecule has 1 aromatic carbocycles. The van der Waals surface area contributed by atoms with Gasteiger partial charge in [0.1, 0.15) is 5.82 Å². The molecule has 2 nitrogen and oxygen atoms in total. The average Bonchev–Trinajstić information content (AvgIpc) is 2.01. The van der Waals surface area contributed by atoms with Gasteiger partial charge in [0, 0.05) is 0 Å². The van der Waals surface area contributed by atoms with E-state index in [-0.39, 0.29) is 11.3 Å². The van der Waals surface area contributed by atoms with E-state index in [4.69, 9.17) is 5.73 Å². The number of halogens is 1. The molecule has 0 spiro atoms. The first-order valence-corrected chi connectivity index (χ1v) is 3.09. The maximum Gasteiger partial charge on any atom is 0.235 e. The highest BCUT2D eigenvalue weighted by Crippen LogP contribution is 2.17. The molecule has 0 atom stereocenters. The maximum absolute atomic E-state index is 12.9. The van der Waals surface area contributed by atoms with Gasteiger partial charge in [-0.25, -0.2) is 4.39 Å². The van der Waals surface area contributed by atoms with Crippen LogP contribution in [-0.4, -0.2) is 6.29 Å². The van der Waals surface area contributed by atoms with Crippen molar-refractivity contribution in [1.29, 1.82) is 0 Å². The molecular formula is C8H7FNO. The second-order valence-electron chi connectivity index (χ2n) is 2.26. The van der Waals surface area contributed by atoms with E-state index in [9.17, 15) is 9.18 Å². The third-order valence-corrected chi connectivity index (χ3v) is 1.48. The predicted octanol–water partition coefficient (Wildman–Crippen LogP) is 1.17. The topological polar surface area (TPSA) is 43.1 Å². The molecule has 1 aromatic rings. The van der Waals surface area contributed by atoms with Crippen molar-refractivity contribution in [3.8, 4) is 0 Å². The Labute approximate surface area is 63.8 Å². The Balaban J connectivity index is 3.36. The van der Waals surface area contributed by atoms with E-state index in [0.717, 1.165) is 0 Å². The van der Waals surface area contributed by atoms with Gasteiger partial charge in [0.25, 0.3) is 0 Å². The summed E-state index contributed by atoms with van der Waals surface area (Å²) in [6.07, 6.45) is 1.55. The van der Waals surface area contributed by atoms with Gasteiger partial charge in [-0.05, 0) is 18.6 Å². The highest BCUT2D eigenvalue weighted by atomic mass is 19.1. The van der Waals surface area contributed by atoms with Crippen LogP contribution in [0.3, 0.4) is 0 Å². The van der Waals surface area contributed by atoms with Crippen molar-refractivity contribution in [2.45, 2.75) is 6.92 Å². The van der Waals surface area contributed by atoms with E-state index >= 15 is 0 Å². The quantitative estimate of drug-likeness (QED) is 0.614. The largest absolute Gasteiger partial charge is 0.396 e. The molecule has 0 aliphatic rings. The maximum atomic E-state index is 12.9. The second kappa shape index (κ2) is 2.70. The van der Waals surface area contributed by atoms with Crippen LogP contribution in [0.4, 0.5) is 10.1 Å². The van der Waals surface area contributed by atoms with Gasteiger partial charge in [-0.1, -0.05) is 6.07 Å². The van der Waals surface area contributed by atoms with Crippen molar-refractivity contribution in [2.24, 2.45) is 0 Å². The van der Waals surface area contributed by atoms with E-state index in [1.54, 1.807) is 13.2 Å². The second-order valence-corrected chi connectivity index (χ2v) is 2.26. The smallest absolute Gasteiger partial charge is 0.235 e. The van der Waals surface area contributed by atoms with Gasteiger partial charge >= 0.3 is 0 Å². The van der Waals surface area contributed by atoms with Crippen molar-refractivity contribution in [1.82, 2.24) is 0 Å². The van der Waals surface area contributed by atoms with Gasteiger partial charge in [-0.2, -0.15) is 0 Å². The molecule has 0 aromatic heterocycles. The van der Waals surface area contributed by atoms with Gasteiger partial charge in [0.15, 0.2) is 0 Å². The first-order chi connectivity index (χ1) is 5.16. The number of rotatable bonds is 1. The molecule has 0 heterocycles. The van der Waals surface area contributed by atoms with Crippen LogP contribution < -0.4 is 5.73 Å². The standard InChI is InChI=1S/C8H7FNO/c1-5-2-3-6(4-11)8(10)7(5)9/h2-3H,10H2,1H3. The van der Waals surface area contributed by atoms with Crippen molar-refractivity contribution in [2.75, 3.05) is 5.73 Å². The van der Waals surface area contributed by atoms with Crippen molar-refractivity contribution >= 4 is 12.0 Å². The summed E-state index contributed by atoms with van der Waals surface area (Å²) in [5.41, 5.74) is 5.64. The summed E-state index contributed by atoms with van der Waals surface area (Å²) < 4.78 is 12.9. The van der Waals surface area contributed by atoms with E-state index in [1.165, 1.54) is 12.1 Å². The summed E-state index contributed by atoms with van der Waals surface area (Å²) in [5.74, 6) is -0.536. The molecule has 0 amide bonds. The zero-order valence-corrected chi connectivity index (χ0v) is 6.02. The fourth-order valence-electron chi connectivity index (χ4n) is 0.791. The summed E-state index contributed by atoms with van der Waals surface area (Å²) >= 11 is 0. The highest BCUT2D eigenvalue weighted by molar-refractivity contribution is 5.83. The van der Waals surface area contributed by atoms with Crippen LogP contribution in [-0.2, 0) is 4.79 Å². The molecule has 2 N–H and O–H groups in total. The van der Waals surface area contributed by atoms with E-state index in [0.29, 0.717) is 5.56 Å². The first-order valence-electron chi connectivity index (χ1n) is 3.09. The first kappa shape index (κ1) is 7.72. The Morgan fingerprint density at radius 2 is 2.18 bits per heavy atom. The Hall–Kier alpha value is -1.38. The summed E-state index contributed by atoms with van der Waals surface area (Å²) in [5, 5.41) is 0. The highest BCUT2D eigenvalue weighted by Gasteiger charge is 2.06. The summed E-state index contributed by atoms with van der Waals surface area (Å²) in [4.78, 5) is 10.1. The normalized spacial score (nSPS) is 9.64. The fourth-order valence-corrected chi connectivity index (χ4v) is 0.791. The number of nitrogens with two attached hydrogens (primary N) is 1. The van der Waals surface area contributed by atoms with Crippen LogP contribution in [0.1, 0.15) is 11.1 Å². The van der Waals surface area contributed by atoms with Crippen LogP contribution in [0.5, 0.6) is 0 Å². The summed E-state index contributed by atoms with van der Waals surface area (Å²) in [6.45, 7) is 1.58. The molecule has 0 saturated carbocycles. The Kier molecular flexibility index (Phi) is 1.89. The SMILES string of the molecule is Cc1ccc([C]=O)c(N)c1F. The average molecular weight is 152 g/mol. The zero-order valence-electron chi connectivity index (χ0n) is 6.02. The molecule has 11 heavy (non-hydrogen) atoms. The van der Waals surface area contributed by atoms with Crippen molar-refractivity contribution < 1.29 is 9.18 Å². The Bertz CT molecular complexity index is 296. The van der Waals surface area contributed by atoms with E-state index < -0.39 is 5.82 Å². The molecular weight excluding hydrogens is 145 g/mol. The molecule has 0 fully saturated rings. The molecule has 0 bridgehead atoms. The molecule has 0 unspecified atom stereocenters. The molecule has 1 rings (SSSR count). The van der Waals surface area contributed by atoms with E-state index in [1.807, 2.05) is 0 Å². The van der Waals surface area contributed by atoms with Gasteiger partial charge in [-0.3, -0.25) is 4.79 Å². The third kappa shape index (κ3) is 1.22. The molecule has 1 radical (unpaired) electrons. The number of benzene rings is 1. The number of hydrogen-bond acceptors (Lipinski definition) is 2. The lowest BCUT2D eigenvalue weighted by Gasteiger charge is -2.01. The molecule has 57 valence electrons. The van der Waals surface area contributed by atoms with Crippen molar-refractivity contribution in [3.63, 3.8) is 0 Å².